The zero-order valence-corrected chi connectivity index (χ0v) is 8.39. The SMILES string of the molecule is O=C1CC(c2nn[nH]n2)CN1CC1CC1. The average molecular weight is 207 g/mol. The summed E-state index contributed by atoms with van der Waals surface area (Å²) in [5.74, 6) is 1.78. The van der Waals surface area contributed by atoms with E-state index in [4.69, 9.17) is 0 Å². The molecule has 1 saturated heterocycles. The molecule has 15 heavy (non-hydrogen) atoms. The van der Waals surface area contributed by atoms with Crippen molar-refractivity contribution in [2.45, 2.75) is 25.2 Å². The normalized spacial score (nSPS) is 26.3. The third-order valence-electron chi connectivity index (χ3n) is 3.12. The van der Waals surface area contributed by atoms with Crippen LogP contribution in [0.5, 0.6) is 0 Å². The molecular weight excluding hydrogens is 194 g/mol. The Morgan fingerprint density at radius 1 is 1.47 bits per heavy atom. The van der Waals surface area contributed by atoms with Gasteiger partial charge in [-0.1, -0.05) is 5.21 Å². The number of carbonyl (C=O) groups excluding carboxylic acids is 1. The summed E-state index contributed by atoms with van der Waals surface area (Å²) < 4.78 is 0. The number of amides is 1. The lowest BCUT2D eigenvalue weighted by molar-refractivity contribution is -0.127. The summed E-state index contributed by atoms with van der Waals surface area (Å²) in [6.45, 7) is 1.68. The van der Waals surface area contributed by atoms with Crippen LogP contribution in [0.25, 0.3) is 0 Å². The van der Waals surface area contributed by atoms with E-state index in [0.29, 0.717) is 12.2 Å². The van der Waals surface area contributed by atoms with E-state index in [9.17, 15) is 4.79 Å². The number of nitrogens with zero attached hydrogens (tertiary/aromatic N) is 4. The molecule has 1 amide bonds. The number of likely N-dealkylation sites (tertiary alicyclic amines) is 1. The van der Waals surface area contributed by atoms with Crippen molar-refractivity contribution in [1.82, 2.24) is 25.5 Å². The third-order valence-corrected chi connectivity index (χ3v) is 3.12. The van der Waals surface area contributed by atoms with Gasteiger partial charge in [-0.2, -0.15) is 5.21 Å². The van der Waals surface area contributed by atoms with Gasteiger partial charge in [-0.25, -0.2) is 0 Å². The molecule has 0 aromatic carbocycles. The number of aromatic amines is 1. The van der Waals surface area contributed by atoms with Crippen molar-refractivity contribution < 1.29 is 4.79 Å². The van der Waals surface area contributed by atoms with Crippen LogP contribution in [0.1, 0.15) is 31.0 Å². The molecule has 80 valence electrons. The molecule has 1 N–H and O–H groups in total. The van der Waals surface area contributed by atoms with Gasteiger partial charge < -0.3 is 4.90 Å². The zero-order chi connectivity index (χ0) is 10.3. The Hall–Kier alpha value is -1.46. The Morgan fingerprint density at radius 3 is 3.00 bits per heavy atom. The first-order valence-electron chi connectivity index (χ1n) is 5.34. The van der Waals surface area contributed by atoms with Gasteiger partial charge in [-0.3, -0.25) is 4.79 Å². The predicted molar refractivity (Wildman–Crippen MR) is 50.8 cm³/mol. The van der Waals surface area contributed by atoms with Crippen molar-refractivity contribution in [3.63, 3.8) is 0 Å². The predicted octanol–water partition coefficient (Wildman–Crippen LogP) is -0.0744. The quantitative estimate of drug-likeness (QED) is 0.752. The lowest BCUT2D eigenvalue weighted by Crippen LogP contribution is -2.27. The molecule has 1 aromatic rings. The Balaban J connectivity index is 1.67. The van der Waals surface area contributed by atoms with E-state index in [-0.39, 0.29) is 11.8 Å². The van der Waals surface area contributed by atoms with Crippen molar-refractivity contribution >= 4 is 5.91 Å². The van der Waals surface area contributed by atoms with Crippen LogP contribution >= 0.6 is 0 Å². The second-order valence-corrected chi connectivity index (χ2v) is 4.41. The van der Waals surface area contributed by atoms with Crippen molar-refractivity contribution in [3.8, 4) is 0 Å². The number of H-pyrrole nitrogens is 1. The Labute approximate surface area is 87.0 Å². The van der Waals surface area contributed by atoms with Crippen LogP contribution in [0.15, 0.2) is 0 Å². The Bertz CT molecular complexity index is 359. The van der Waals surface area contributed by atoms with Crippen LogP contribution in [0.3, 0.4) is 0 Å². The average Bonchev–Trinajstić information content (AvgIpc) is 2.76. The summed E-state index contributed by atoms with van der Waals surface area (Å²) in [5, 5.41) is 13.8. The highest BCUT2D eigenvalue weighted by Crippen LogP contribution is 2.33. The van der Waals surface area contributed by atoms with Gasteiger partial charge in [0.2, 0.25) is 5.91 Å². The van der Waals surface area contributed by atoms with E-state index in [1.54, 1.807) is 0 Å². The first-order valence-corrected chi connectivity index (χ1v) is 5.34. The number of hydrogen-bond acceptors (Lipinski definition) is 4. The maximum atomic E-state index is 11.7. The largest absolute Gasteiger partial charge is 0.342 e. The fourth-order valence-corrected chi connectivity index (χ4v) is 2.08. The third kappa shape index (κ3) is 1.71. The van der Waals surface area contributed by atoms with Gasteiger partial charge in [0.1, 0.15) is 0 Å². The van der Waals surface area contributed by atoms with E-state index in [2.05, 4.69) is 20.6 Å². The molecule has 1 unspecified atom stereocenters. The minimum absolute atomic E-state index is 0.134. The molecule has 2 heterocycles. The first kappa shape index (κ1) is 8.82. The number of rotatable bonds is 3. The maximum Gasteiger partial charge on any atom is 0.223 e. The smallest absolute Gasteiger partial charge is 0.223 e. The van der Waals surface area contributed by atoms with Gasteiger partial charge in [0.25, 0.3) is 0 Å². The summed E-state index contributed by atoms with van der Waals surface area (Å²) in [6, 6.07) is 0. The van der Waals surface area contributed by atoms with Crippen LogP contribution in [-0.4, -0.2) is 44.5 Å². The molecule has 0 radical (unpaired) electrons. The summed E-state index contributed by atoms with van der Waals surface area (Å²) in [7, 11) is 0. The summed E-state index contributed by atoms with van der Waals surface area (Å²) >= 11 is 0. The summed E-state index contributed by atoms with van der Waals surface area (Å²) in [6.07, 6.45) is 3.08. The van der Waals surface area contributed by atoms with Crippen LogP contribution in [0.4, 0.5) is 0 Å². The van der Waals surface area contributed by atoms with Gasteiger partial charge in [-0.05, 0) is 18.8 Å². The van der Waals surface area contributed by atoms with E-state index in [1.165, 1.54) is 12.8 Å². The summed E-state index contributed by atoms with van der Waals surface area (Å²) in [5.41, 5.74) is 0. The molecule has 6 nitrogen and oxygen atoms in total. The molecule has 1 saturated carbocycles. The highest BCUT2D eigenvalue weighted by molar-refractivity contribution is 5.79. The van der Waals surface area contributed by atoms with Crippen LogP contribution in [0, 0.1) is 5.92 Å². The lowest BCUT2D eigenvalue weighted by Gasteiger charge is -2.14. The van der Waals surface area contributed by atoms with Crippen molar-refractivity contribution in [1.29, 1.82) is 0 Å². The lowest BCUT2D eigenvalue weighted by atomic mass is 10.1. The van der Waals surface area contributed by atoms with E-state index < -0.39 is 0 Å². The Kier molecular flexibility index (Phi) is 1.93. The van der Waals surface area contributed by atoms with Crippen LogP contribution in [0.2, 0.25) is 0 Å². The highest BCUT2D eigenvalue weighted by Gasteiger charge is 2.36. The fraction of sp³-hybridized carbons (Fsp3) is 0.778. The monoisotopic (exact) mass is 207 g/mol. The molecular formula is C9H13N5O. The van der Waals surface area contributed by atoms with Gasteiger partial charge in [0.15, 0.2) is 5.82 Å². The van der Waals surface area contributed by atoms with E-state index >= 15 is 0 Å². The van der Waals surface area contributed by atoms with E-state index in [0.717, 1.165) is 19.0 Å². The van der Waals surface area contributed by atoms with Crippen molar-refractivity contribution in [2.75, 3.05) is 13.1 Å². The Morgan fingerprint density at radius 2 is 2.33 bits per heavy atom. The maximum absolute atomic E-state index is 11.7. The second-order valence-electron chi connectivity index (χ2n) is 4.41. The van der Waals surface area contributed by atoms with Crippen LogP contribution < -0.4 is 0 Å². The van der Waals surface area contributed by atoms with E-state index in [1.807, 2.05) is 4.90 Å². The summed E-state index contributed by atoms with van der Waals surface area (Å²) in [4.78, 5) is 13.6. The molecule has 3 rings (SSSR count). The van der Waals surface area contributed by atoms with Crippen molar-refractivity contribution in [3.05, 3.63) is 5.82 Å². The molecule has 1 aromatic heterocycles. The molecule has 0 bridgehead atoms. The number of tetrazole rings is 1. The number of aromatic nitrogens is 4. The number of hydrogen-bond donors (Lipinski definition) is 1. The molecule has 1 atom stereocenters. The second kappa shape index (κ2) is 3.29. The highest BCUT2D eigenvalue weighted by atomic mass is 16.2. The van der Waals surface area contributed by atoms with Gasteiger partial charge in [0.05, 0.1) is 0 Å². The van der Waals surface area contributed by atoms with Gasteiger partial charge >= 0.3 is 0 Å². The fourth-order valence-electron chi connectivity index (χ4n) is 2.08. The number of nitrogens with one attached hydrogen (secondary N) is 1. The number of carbonyl (C=O) groups is 1. The molecule has 0 spiro atoms. The molecule has 2 fully saturated rings. The first-order chi connectivity index (χ1) is 7.33. The van der Waals surface area contributed by atoms with Crippen LogP contribution in [-0.2, 0) is 4.79 Å². The molecule has 1 aliphatic heterocycles. The van der Waals surface area contributed by atoms with Gasteiger partial charge in [0, 0.05) is 25.4 Å². The minimum Gasteiger partial charge on any atom is -0.342 e. The standard InChI is InChI=1S/C9H13N5O/c15-8-3-7(9-10-12-13-11-9)5-14(8)4-6-1-2-6/h6-7H,1-5H2,(H,10,11,12,13). The molecule has 1 aliphatic carbocycles. The molecule has 6 heteroatoms. The van der Waals surface area contributed by atoms with Gasteiger partial charge in [-0.15, -0.1) is 10.2 Å². The molecule has 2 aliphatic rings. The topological polar surface area (TPSA) is 74.8 Å². The van der Waals surface area contributed by atoms with Crippen molar-refractivity contribution in [2.24, 2.45) is 5.92 Å². The zero-order valence-electron chi connectivity index (χ0n) is 8.39. The minimum atomic E-state index is 0.134.